The van der Waals surface area contributed by atoms with Crippen molar-refractivity contribution in [1.82, 2.24) is 15.0 Å². The van der Waals surface area contributed by atoms with Crippen molar-refractivity contribution < 1.29 is 67.0 Å². The van der Waals surface area contributed by atoms with E-state index in [-0.39, 0.29) is 0 Å². The van der Waals surface area contributed by atoms with Gasteiger partial charge in [-0.25, -0.2) is 34.1 Å². The average Bonchev–Trinajstić information content (AvgIpc) is 2.87. The Bertz CT molecular complexity index is 1600. The Balaban J connectivity index is 5.08. The summed E-state index contributed by atoms with van der Waals surface area (Å²) in [6, 6.07) is 0. The van der Waals surface area contributed by atoms with Gasteiger partial charge in [0, 0.05) is 0 Å². The van der Waals surface area contributed by atoms with Crippen LogP contribution in [0, 0.1) is 20.2 Å². The van der Waals surface area contributed by atoms with E-state index in [1.54, 1.807) is 0 Å². The maximum atomic E-state index is 14.1. The predicted octanol–water partition coefficient (Wildman–Crippen LogP) is 3.95. The Kier molecular flexibility index (Phi) is 14.1. The second-order valence-corrected chi connectivity index (χ2v) is 18.8. The molecule has 21 heteroatoms. The first-order valence-corrected chi connectivity index (χ1v) is 17.6. The highest BCUT2D eigenvalue weighted by Crippen LogP contribution is 2.36. The van der Waals surface area contributed by atoms with Crippen LogP contribution in [0.3, 0.4) is 0 Å². The van der Waals surface area contributed by atoms with Crippen molar-refractivity contribution in [3.63, 3.8) is 0 Å². The Morgan fingerprint density at radius 1 is 0.421 bits per heavy atom. The maximum absolute atomic E-state index is 14.1. The number of ether oxygens (including phenoxy) is 6. The molecule has 1 aromatic heterocycles. The summed E-state index contributed by atoms with van der Waals surface area (Å²) < 4.78 is 32.0. The van der Waals surface area contributed by atoms with Crippen LogP contribution in [-0.4, -0.2) is 94.2 Å². The molecule has 0 N–H and O–H groups in total. The van der Waals surface area contributed by atoms with E-state index in [9.17, 15) is 49.0 Å². The molecule has 0 unspecified atom stereocenters. The minimum Gasteiger partial charge on any atom is -0.459 e. The number of rotatable bonds is 11. The van der Waals surface area contributed by atoms with Gasteiger partial charge in [0.2, 0.25) is 17.6 Å². The molecule has 1 aromatic rings. The highest BCUT2D eigenvalue weighted by atomic mass is 16.7. The molecule has 0 saturated heterocycles. The lowest BCUT2D eigenvalue weighted by molar-refractivity contribution is -0.555. The highest BCUT2D eigenvalue weighted by Gasteiger charge is 2.72. The van der Waals surface area contributed by atoms with Crippen molar-refractivity contribution >= 4 is 35.8 Å². The van der Waals surface area contributed by atoms with E-state index >= 15 is 0 Å². The molecule has 0 aliphatic heterocycles. The number of carbonyl (C=O) groups is 6. The minimum atomic E-state index is -4.07. The van der Waals surface area contributed by atoms with Crippen LogP contribution in [0.25, 0.3) is 0 Å². The molecule has 1 heterocycles. The first kappa shape index (κ1) is 49.6. The van der Waals surface area contributed by atoms with Crippen LogP contribution < -0.4 is 0 Å². The first-order valence-electron chi connectivity index (χ1n) is 17.6. The smallest absolute Gasteiger partial charge is 0.459 e. The van der Waals surface area contributed by atoms with Crippen molar-refractivity contribution in [1.29, 1.82) is 0 Å². The molecule has 0 radical (unpaired) electrons. The van der Waals surface area contributed by atoms with Crippen LogP contribution in [0.2, 0.25) is 0 Å². The van der Waals surface area contributed by atoms with Crippen LogP contribution in [-0.2, 0) is 68.3 Å². The number of hydrogen-bond donors (Lipinski definition) is 0. The molecule has 57 heavy (non-hydrogen) atoms. The van der Waals surface area contributed by atoms with Gasteiger partial charge in [-0.05, 0) is 125 Å². The van der Waals surface area contributed by atoms with Crippen molar-refractivity contribution in [3.8, 4) is 0 Å². The molecule has 0 amide bonds. The van der Waals surface area contributed by atoms with Gasteiger partial charge in [-0.1, -0.05) is 0 Å². The zero-order valence-electron chi connectivity index (χ0n) is 35.8. The summed E-state index contributed by atoms with van der Waals surface area (Å²) in [5, 5.41) is 26.7. The summed E-state index contributed by atoms with van der Waals surface area (Å²) >= 11 is 0. The zero-order chi connectivity index (χ0) is 45.3. The quantitative estimate of drug-likeness (QED) is 0.100. The van der Waals surface area contributed by atoms with Crippen LogP contribution in [0.4, 0.5) is 0 Å². The average molecular weight is 814 g/mol. The third kappa shape index (κ3) is 12.8. The van der Waals surface area contributed by atoms with E-state index < -0.39 is 114 Å². The lowest BCUT2D eigenvalue weighted by Crippen LogP contribution is -2.58. The van der Waals surface area contributed by atoms with Gasteiger partial charge < -0.3 is 28.4 Å². The van der Waals surface area contributed by atoms with Gasteiger partial charge in [-0.3, -0.25) is 29.8 Å². The summed E-state index contributed by atoms with van der Waals surface area (Å²) in [7, 11) is 0. The molecule has 0 saturated carbocycles. The third-order valence-electron chi connectivity index (χ3n) is 6.17. The maximum Gasteiger partial charge on any atom is 0.468 e. The number of carbonyl (C=O) groups excluding carboxylic acids is 6. The molecule has 0 spiro atoms. The summed E-state index contributed by atoms with van der Waals surface area (Å²) in [6.07, 6.45) is 0. The van der Waals surface area contributed by atoms with Crippen LogP contribution in [0.15, 0.2) is 0 Å². The van der Waals surface area contributed by atoms with E-state index in [1.165, 1.54) is 125 Å². The van der Waals surface area contributed by atoms with Gasteiger partial charge in [-0.15, -0.1) is 0 Å². The summed E-state index contributed by atoms with van der Waals surface area (Å²) in [6.45, 7) is 23.7. The minimum absolute atomic E-state index is 1.28. The van der Waals surface area contributed by atoms with Crippen molar-refractivity contribution in [2.75, 3.05) is 0 Å². The second kappa shape index (κ2) is 16.2. The predicted molar refractivity (Wildman–Crippen MR) is 195 cm³/mol. The Morgan fingerprint density at radius 3 is 0.807 bits per heavy atom. The molecular weight excluding hydrogens is 758 g/mol. The molecule has 0 bridgehead atoms. The van der Waals surface area contributed by atoms with Crippen molar-refractivity contribution in [2.24, 2.45) is 0 Å². The molecule has 1 rings (SSSR count). The van der Waals surface area contributed by atoms with Gasteiger partial charge in [0.25, 0.3) is 0 Å². The number of aromatic nitrogens is 3. The highest BCUT2D eigenvalue weighted by molar-refractivity contribution is 6.05. The van der Waals surface area contributed by atoms with Crippen LogP contribution in [0.5, 0.6) is 0 Å². The standard InChI is InChI=1S/C36H55N5O16/c1-29(2,3)52-21(42)19(22(43)53-30(4,5)6)20-37-23(35(40(48)49,25(44)54-31(7,8)9)26(45)55-32(10,11)12)39-24(38-20)36(41(50)51,27(46)56-33(13,14)15)28(47)57-34(16,17)18/h19H,1-18H3. The molecular formula is C36H55N5O16. The van der Waals surface area contributed by atoms with Crippen LogP contribution in [0.1, 0.15) is 148 Å². The van der Waals surface area contributed by atoms with E-state index in [0.717, 1.165) is 0 Å². The van der Waals surface area contributed by atoms with Gasteiger partial charge in [0.1, 0.15) is 33.6 Å². The lowest BCUT2D eigenvalue weighted by Gasteiger charge is -2.30. The van der Waals surface area contributed by atoms with Gasteiger partial charge in [-0.2, -0.15) is 0 Å². The Morgan fingerprint density at radius 2 is 0.632 bits per heavy atom. The normalized spacial score (nSPS) is 13.2. The SMILES string of the molecule is CC(C)(C)OC(=O)C(C(=O)OC(C)(C)C)c1nc(C(C(=O)OC(C)(C)C)(C(=O)OC(C)(C)C)[N+](=O)[O-])nc(C(C(=O)OC(C)(C)C)(C(=O)OC(C)(C)C)[N+](=O)[O-])n1. The lowest BCUT2D eigenvalue weighted by atomic mass is 9.94. The van der Waals surface area contributed by atoms with E-state index in [0.29, 0.717) is 0 Å². The fourth-order valence-electron chi connectivity index (χ4n) is 4.27. The number of esters is 6. The molecule has 0 aromatic carbocycles. The second-order valence-electron chi connectivity index (χ2n) is 18.8. The monoisotopic (exact) mass is 813 g/mol. The van der Waals surface area contributed by atoms with E-state index in [4.69, 9.17) is 28.4 Å². The van der Waals surface area contributed by atoms with Gasteiger partial charge in [0.05, 0.1) is 9.85 Å². The fourth-order valence-corrected chi connectivity index (χ4v) is 4.27. The number of hydrogen-bond acceptors (Lipinski definition) is 19. The van der Waals surface area contributed by atoms with E-state index in [1.807, 2.05) is 0 Å². The molecule has 0 aliphatic carbocycles. The van der Waals surface area contributed by atoms with Crippen molar-refractivity contribution in [2.45, 2.75) is 175 Å². The molecule has 0 aliphatic rings. The number of nitrogens with zero attached hydrogens (tertiary/aromatic N) is 5. The van der Waals surface area contributed by atoms with Gasteiger partial charge >= 0.3 is 46.9 Å². The Labute approximate surface area is 330 Å². The van der Waals surface area contributed by atoms with Crippen LogP contribution >= 0.6 is 0 Å². The van der Waals surface area contributed by atoms with Gasteiger partial charge in [0.15, 0.2) is 5.82 Å². The fraction of sp³-hybridized carbons (Fsp3) is 0.750. The van der Waals surface area contributed by atoms with E-state index in [2.05, 4.69) is 15.0 Å². The molecule has 0 atom stereocenters. The molecule has 320 valence electrons. The van der Waals surface area contributed by atoms with Crippen molar-refractivity contribution in [3.05, 3.63) is 37.7 Å². The summed E-state index contributed by atoms with van der Waals surface area (Å²) in [5.41, 5.74) is -17.2. The zero-order valence-corrected chi connectivity index (χ0v) is 35.8. The number of nitro groups is 2. The topological polar surface area (TPSA) is 283 Å². The summed E-state index contributed by atoms with van der Waals surface area (Å²) in [4.78, 5) is 120. The largest absolute Gasteiger partial charge is 0.468 e. The first-order chi connectivity index (χ1) is 25.1. The summed E-state index contributed by atoms with van der Waals surface area (Å²) in [5.74, 6) is -18.4. The molecule has 21 nitrogen and oxygen atoms in total. The third-order valence-corrected chi connectivity index (χ3v) is 6.17. The molecule has 0 fully saturated rings. The Hall–Kier alpha value is -5.37.